The van der Waals surface area contributed by atoms with Gasteiger partial charge < -0.3 is 19.4 Å². The molecule has 0 bridgehead atoms. The lowest BCUT2D eigenvalue weighted by Crippen LogP contribution is -2.37. The summed E-state index contributed by atoms with van der Waals surface area (Å²) in [6, 6.07) is 17.5. The first kappa shape index (κ1) is 20.2. The van der Waals surface area contributed by atoms with Crippen LogP contribution in [0.25, 0.3) is 0 Å². The third-order valence-corrected chi connectivity index (χ3v) is 4.99. The minimum atomic E-state index is -0.948. The Balaban J connectivity index is 1.55. The molecule has 4 rings (SSSR count). The van der Waals surface area contributed by atoms with Crippen LogP contribution in [-0.2, 0) is 16.1 Å². The first-order valence-corrected chi connectivity index (χ1v) is 9.72. The van der Waals surface area contributed by atoms with Gasteiger partial charge in [-0.1, -0.05) is 18.2 Å². The van der Waals surface area contributed by atoms with Crippen molar-refractivity contribution >= 4 is 29.2 Å². The molecule has 0 radical (unpaired) electrons. The van der Waals surface area contributed by atoms with Gasteiger partial charge in [0.25, 0.3) is 5.91 Å². The van der Waals surface area contributed by atoms with E-state index in [1.807, 2.05) is 0 Å². The highest BCUT2D eigenvalue weighted by Crippen LogP contribution is 2.28. The van der Waals surface area contributed by atoms with Crippen molar-refractivity contribution in [2.45, 2.75) is 19.0 Å². The molecule has 1 saturated heterocycles. The Kier molecular flexibility index (Phi) is 5.70. The maximum Gasteiger partial charge on any atom is 0.332 e. The van der Waals surface area contributed by atoms with E-state index in [1.165, 1.54) is 11.2 Å². The molecule has 0 spiro atoms. The standard InChI is InChI=1S/C23H21N3O5/c1-30-18-11-9-16(10-12-18)24-21(27)14-20-22(28)26(17-6-3-2-4-7-17)23(29)25(20)15-19-8-5-13-31-19/h2-13,20H,14-15H2,1H3,(H,24,27)/t20-/m0/s1. The molecule has 2 heterocycles. The van der Waals surface area contributed by atoms with Crippen LogP contribution in [0.1, 0.15) is 12.2 Å². The lowest BCUT2D eigenvalue weighted by Gasteiger charge is -2.20. The van der Waals surface area contributed by atoms with E-state index in [0.29, 0.717) is 22.9 Å². The number of furan rings is 1. The third-order valence-electron chi connectivity index (χ3n) is 4.99. The minimum Gasteiger partial charge on any atom is -0.497 e. The number of benzene rings is 2. The van der Waals surface area contributed by atoms with Gasteiger partial charge in [-0.3, -0.25) is 9.59 Å². The average molecular weight is 419 g/mol. The second-order valence-electron chi connectivity index (χ2n) is 7.00. The quantitative estimate of drug-likeness (QED) is 0.590. The predicted molar refractivity (Wildman–Crippen MR) is 114 cm³/mol. The van der Waals surface area contributed by atoms with Crippen molar-refractivity contribution in [1.29, 1.82) is 0 Å². The number of urea groups is 1. The number of nitrogens with zero attached hydrogens (tertiary/aromatic N) is 2. The minimum absolute atomic E-state index is 0.0847. The van der Waals surface area contributed by atoms with Gasteiger partial charge in [0.1, 0.15) is 17.6 Å². The van der Waals surface area contributed by atoms with Crippen LogP contribution in [0.3, 0.4) is 0 Å². The second kappa shape index (κ2) is 8.74. The molecule has 0 saturated carbocycles. The highest BCUT2D eigenvalue weighted by atomic mass is 16.5. The molecule has 8 nitrogen and oxygen atoms in total. The Hall–Kier alpha value is -4.07. The fourth-order valence-electron chi connectivity index (χ4n) is 3.46. The molecule has 1 fully saturated rings. The molecule has 1 aliphatic rings. The van der Waals surface area contributed by atoms with Crippen molar-refractivity contribution in [1.82, 2.24) is 4.90 Å². The molecule has 0 aliphatic carbocycles. The largest absolute Gasteiger partial charge is 0.497 e. The molecule has 2 aromatic carbocycles. The van der Waals surface area contributed by atoms with Gasteiger partial charge in [-0.05, 0) is 48.5 Å². The molecule has 4 amide bonds. The number of nitrogens with one attached hydrogen (secondary N) is 1. The van der Waals surface area contributed by atoms with Crippen LogP contribution in [0.2, 0.25) is 0 Å². The molecule has 1 aromatic heterocycles. The van der Waals surface area contributed by atoms with Gasteiger partial charge in [-0.15, -0.1) is 0 Å². The van der Waals surface area contributed by atoms with Gasteiger partial charge in [-0.25, -0.2) is 9.69 Å². The van der Waals surface area contributed by atoms with E-state index in [2.05, 4.69) is 5.32 Å². The van der Waals surface area contributed by atoms with Crippen LogP contribution in [-0.4, -0.2) is 35.9 Å². The van der Waals surface area contributed by atoms with E-state index in [-0.39, 0.29) is 18.9 Å². The highest BCUT2D eigenvalue weighted by molar-refractivity contribution is 6.22. The zero-order valence-electron chi connectivity index (χ0n) is 16.9. The number of carbonyl (C=O) groups excluding carboxylic acids is 3. The zero-order valence-corrected chi connectivity index (χ0v) is 16.9. The fourth-order valence-corrected chi connectivity index (χ4v) is 3.46. The van der Waals surface area contributed by atoms with E-state index in [1.54, 1.807) is 73.8 Å². The topological polar surface area (TPSA) is 92.1 Å². The van der Waals surface area contributed by atoms with Crippen LogP contribution in [0.15, 0.2) is 77.4 Å². The normalized spacial score (nSPS) is 16.0. The summed E-state index contributed by atoms with van der Waals surface area (Å²) in [5, 5.41) is 2.76. The number of hydrogen-bond donors (Lipinski definition) is 1. The molecule has 158 valence electrons. The summed E-state index contributed by atoms with van der Waals surface area (Å²) < 4.78 is 10.5. The van der Waals surface area contributed by atoms with Gasteiger partial charge in [0.15, 0.2) is 0 Å². The Morgan fingerprint density at radius 1 is 1.03 bits per heavy atom. The summed E-state index contributed by atoms with van der Waals surface area (Å²) in [5.74, 6) is 0.359. The monoisotopic (exact) mass is 419 g/mol. The summed E-state index contributed by atoms with van der Waals surface area (Å²) >= 11 is 0. The summed E-state index contributed by atoms with van der Waals surface area (Å²) in [6.07, 6.45) is 1.32. The number of rotatable bonds is 7. The number of methoxy groups -OCH3 is 1. The Labute approximate surface area is 179 Å². The van der Waals surface area contributed by atoms with Gasteiger partial charge >= 0.3 is 6.03 Å². The number of amides is 4. The third kappa shape index (κ3) is 4.28. The van der Waals surface area contributed by atoms with Crippen molar-refractivity contribution in [3.63, 3.8) is 0 Å². The molecule has 0 unspecified atom stereocenters. The van der Waals surface area contributed by atoms with Crippen molar-refractivity contribution in [2.24, 2.45) is 0 Å². The van der Waals surface area contributed by atoms with E-state index in [4.69, 9.17) is 9.15 Å². The van der Waals surface area contributed by atoms with Gasteiger partial charge in [0.2, 0.25) is 5.91 Å². The number of carbonyl (C=O) groups is 3. The van der Waals surface area contributed by atoms with Gasteiger partial charge in [0.05, 0.1) is 32.0 Å². The molecule has 1 N–H and O–H groups in total. The molecule has 1 atom stereocenters. The van der Waals surface area contributed by atoms with E-state index < -0.39 is 18.0 Å². The number of imide groups is 1. The van der Waals surface area contributed by atoms with Crippen molar-refractivity contribution < 1.29 is 23.5 Å². The number of anilines is 2. The van der Waals surface area contributed by atoms with Gasteiger partial charge in [-0.2, -0.15) is 0 Å². The fraction of sp³-hybridized carbons (Fsp3) is 0.174. The lowest BCUT2D eigenvalue weighted by atomic mass is 10.1. The summed E-state index contributed by atoms with van der Waals surface area (Å²) in [4.78, 5) is 41.4. The average Bonchev–Trinajstić information content (AvgIpc) is 3.37. The van der Waals surface area contributed by atoms with Crippen LogP contribution < -0.4 is 15.0 Å². The summed E-state index contributed by atoms with van der Waals surface area (Å²) in [6.45, 7) is 0.0847. The summed E-state index contributed by atoms with van der Waals surface area (Å²) in [7, 11) is 1.56. The molecule has 31 heavy (non-hydrogen) atoms. The highest BCUT2D eigenvalue weighted by Gasteiger charge is 2.46. The van der Waals surface area contributed by atoms with Crippen molar-refractivity contribution in [3.8, 4) is 5.75 Å². The maximum atomic E-state index is 13.2. The SMILES string of the molecule is COc1ccc(NC(=O)C[C@H]2C(=O)N(c3ccccc3)C(=O)N2Cc2ccco2)cc1. The smallest absolute Gasteiger partial charge is 0.332 e. The van der Waals surface area contributed by atoms with Crippen LogP contribution in [0.5, 0.6) is 5.75 Å². The van der Waals surface area contributed by atoms with Crippen molar-refractivity contribution in [2.75, 3.05) is 17.3 Å². The molecular formula is C23H21N3O5. The maximum absolute atomic E-state index is 13.2. The molecular weight excluding hydrogens is 398 g/mol. The van der Waals surface area contributed by atoms with Gasteiger partial charge in [0, 0.05) is 5.69 Å². The second-order valence-corrected chi connectivity index (χ2v) is 7.00. The van der Waals surface area contributed by atoms with Crippen LogP contribution >= 0.6 is 0 Å². The molecule has 3 aromatic rings. The Morgan fingerprint density at radius 3 is 2.42 bits per heavy atom. The van der Waals surface area contributed by atoms with E-state index in [9.17, 15) is 14.4 Å². The first-order chi connectivity index (χ1) is 15.1. The Bertz CT molecular complexity index is 1060. The summed E-state index contributed by atoms with van der Waals surface area (Å²) in [5.41, 5.74) is 1.03. The van der Waals surface area contributed by atoms with Crippen molar-refractivity contribution in [3.05, 3.63) is 78.8 Å². The number of hydrogen-bond acceptors (Lipinski definition) is 5. The molecule has 8 heteroatoms. The lowest BCUT2D eigenvalue weighted by molar-refractivity contribution is -0.124. The Morgan fingerprint density at radius 2 is 1.77 bits per heavy atom. The van der Waals surface area contributed by atoms with Crippen LogP contribution in [0, 0.1) is 0 Å². The molecule has 1 aliphatic heterocycles. The van der Waals surface area contributed by atoms with E-state index >= 15 is 0 Å². The van der Waals surface area contributed by atoms with Crippen LogP contribution in [0.4, 0.5) is 16.2 Å². The number of ether oxygens (including phenoxy) is 1. The first-order valence-electron chi connectivity index (χ1n) is 9.72. The van der Waals surface area contributed by atoms with E-state index in [0.717, 1.165) is 4.90 Å². The number of para-hydroxylation sites is 1. The zero-order chi connectivity index (χ0) is 21.8. The predicted octanol–water partition coefficient (Wildman–Crippen LogP) is 3.65.